The number of hydrogen-bond donors (Lipinski definition) is 3. The number of nitrogens with one attached hydrogen (secondary N) is 3. The number of rotatable bonds is 7. The van der Waals surface area contributed by atoms with Crippen molar-refractivity contribution in [3.63, 3.8) is 0 Å². The molecule has 0 spiro atoms. The number of halogens is 2. The first-order valence-corrected chi connectivity index (χ1v) is 10.1. The van der Waals surface area contributed by atoms with Gasteiger partial charge in [0, 0.05) is 36.0 Å². The molecule has 29 heavy (non-hydrogen) atoms. The van der Waals surface area contributed by atoms with Crippen LogP contribution in [0.5, 0.6) is 0 Å². The third-order valence-electron chi connectivity index (χ3n) is 4.69. The fourth-order valence-corrected chi connectivity index (χ4v) is 3.80. The Morgan fingerprint density at radius 3 is 2.86 bits per heavy atom. The lowest BCUT2D eigenvalue weighted by molar-refractivity contribution is -0.116. The molecule has 1 unspecified atom stereocenters. The second-order valence-electron chi connectivity index (χ2n) is 6.75. The number of nitrogens with zero attached hydrogens (tertiary/aromatic N) is 4. The summed E-state index contributed by atoms with van der Waals surface area (Å²) < 4.78 is 2.79. The number of likely N-dealkylation sites (N-methyl/N-ethyl adjacent to an activating group) is 1. The predicted molar refractivity (Wildman–Crippen MR) is 120 cm³/mol. The van der Waals surface area contributed by atoms with Gasteiger partial charge in [0.2, 0.25) is 11.9 Å². The lowest BCUT2D eigenvalue weighted by Crippen LogP contribution is -2.20. The topological polar surface area (TPSA) is 96.8 Å². The van der Waals surface area contributed by atoms with Crippen LogP contribution >= 0.6 is 28.3 Å². The van der Waals surface area contributed by atoms with E-state index in [1.165, 1.54) is 0 Å². The molecule has 8 nitrogen and oxygen atoms in total. The Morgan fingerprint density at radius 2 is 2.10 bits per heavy atom. The molecule has 3 N–H and O–H groups in total. The lowest BCUT2D eigenvalue weighted by atomic mass is 9.95. The lowest BCUT2D eigenvalue weighted by Gasteiger charge is -2.12. The molecule has 0 saturated carbocycles. The van der Waals surface area contributed by atoms with Crippen LogP contribution in [-0.2, 0) is 11.3 Å². The van der Waals surface area contributed by atoms with Crippen molar-refractivity contribution in [3.8, 4) is 0 Å². The third kappa shape index (κ3) is 4.22. The maximum atomic E-state index is 12.8. The first kappa shape index (κ1) is 21.5. The highest BCUT2D eigenvalue weighted by molar-refractivity contribution is 9.10. The summed E-state index contributed by atoms with van der Waals surface area (Å²) in [6.45, 7) is 4.34. The van der Waals surface area contributed by atoms with E-state index in [2.05, 4.69) is 48.9 Å². The summed E-state index contributed by atoms with van der Waals surface area (Å²) in [5.41, 5.74) is 3.00. The van der Waals surface area contributed by atoms with E-state index in [4.69, 9.17) is 4.98 Å². The first-order chi connectivity index (χ1) is 13.6. The molecule has 1 atom stereocenters. The standard InChI is InChI=1S/C19H22BrN7O.ClH/c1-3-8-27-10-13-16(24-19(22-7-6-21-2)25-17(13)26-27)15-12-9-11(20)4-5-14(12)23-18(15)28;/h4-5,9-10,15,21H,3,6-8H2,1-2H3,(H,23,28)(H,22,25,26);1H. The van der Waals surface area contributed by atoms with E-state index in [-0.39, 0.29) is 18.3 Å². The zero-order valence-electron chi connectivity index (χ0n) is 16.2. The Morgan fingerprint density at radius 1 is 1.28 bits per heavy atom. The van der Waals surface area contributed by atoms with E-state index < -0.39 is 5.92 Å². The average molecular weight is 481 g/mol. The molecule has 0 fully saturated rings. The van der Waals surface area contributed by atoms with Crippen molar-refractivity contribution in [2.75, 3.05) is 30.8 Å². The van der Waals surface area contributed by atoms with Gasteiger partial charge < -0.3 is 16.0 Å². The van der Waals surface area contributed by atoms with Gasteiger partial charge in [0.05, 0.1) is 11.1 Å². The quantitative estimate of drug-likeness (QED) is 0.450. The Hall–Kier alpha value is -2.23. The monoisotopic (exact) mass is 479 g/mol. The second kappa shape index (κ2) is 9.06. The van der Waals surface area contributed by atoms with Gasteiger partial charge in [-0.25, -0.2) is 4.98 Å². The number of anilines is 2. The van der Waals surface area contributed by atoms with E-state index in [0.717, 1.165) is 40.6 Å². The molecule has 3 heterocycles. The number of aryl methyl sites for hydroxylation is 1. The van der Waals surface area contributed by atoms with Gasteiger partial charge in [0.25, 0.3) is 0 Å². The summed E-state index contributed by atoms with van der Waals surface area (Å²) in [6, 6.07) is 5.79. The van der Waals surface area contributed by atoms with E-state index in [9.17, 15) is 4.79 Å². The van der Waals surface area contributed by atoms with Crippen LogP contribution in [0.3, 0.4) is 0 Å². The summed E-state index contributed by atoms with van der Waals surface area (Å²) in [5, 5.41) is 14.7. The van der Waals surface area contributed by atoms with Crippen molar-refractivity contribution in [3.05, 3.63) is 40.1 Å². The largest absolute Gasteiger partial charge is 0.353 e. The molecule has 1 aliphatic rings. The molecule has 0 bridgehead atoms. The number of fused-ring (bicyclic) bond motifs is 2. The van der Waals surface area contributed by atoms with Crippen molar-refractivity contribution in [1.29, 1.82) is 0 Å². The molecule has 1 aromatic carbocycles. The van der Waals surface area contributed by atoms with Gasteiger partial charge >= 0.3 is 0 Å². The smallest absolute Gasteiger partial charge is 0.238 e. The Kier molecular flexibility index (Phi) is 6.71. The summed E-state index contributed by atoms with van der Waals surface area (Å²) in [6.07, 6.45) is 2.90. The highest BCUT2D eigenvalue weighted by atomic mass is 79.9. The van der Waals surface area contributed by atoms with Crippen LogP contribution in [0.25, 0.3) is 11.0 Å². The number of carbonyl (C=O) groups excluding carboxylic acids is 1. The molecular weight excluding hydrogens is 458 g/mol. The van der Waals surface area contributed by atoms with Crippen molar-refractivity contribution in [2.45, 2.75) is 25.8 Å². The zero-order chi connectivity index (χ0) is 19.7. The minimum Gasteiger partial charge on any atom is -0.353 e. The predicted octanol–water partition coefficient (Wildman–Crippen LogP) is 3.14. The van der Waals surface area contributed by atoms with Gasteiger partial charge in [0.1, 0.15) is 5.92 Å². The van der Waals surface area contributed by atoms with Gasteiger partial charge in [-0.3, -0.25) is 9.48 Å². The van der Waals surface area contributed by atoms with Crippen LogP contribution in [0.2, 0.25) is 0 Å². The maximum absolute atomic E-state index is 12.8. The first-order valence-electron chi connectivity index (χ1n) is 9.34. The van der Waals surface area contributed by atoms with Crippen LogP contribution in [0.4, 0.5) is 11.6 Å². The highest BCUT2D eigenvalue weighted by Gasteiger charge is 2.35. The van der Waals surface area contributed by atoms with Crippen LogP contribution in [0, 0.1) is 0 Å². The number of amides is 1. The van der Waals surface area contributed by atoms with Gasteiger partial charge in [-0.05, 0) is 37.2 Å². The number of aromatic nitrogens is 4. The molecule has 10 heteroatoms. The normalized spacial score (nSPS) is 15.1. The third-order valence-corrected chi connectivity index (χ3v) is 5.18. The zero-order valence-corrected chi connectivity index (χ0v) is 18.6. The molecule has 154 valence electrons. The molecule has 1 amide bonds. The van der Waals surface area contributed by atoms with Crippen LogP contribution in [0.15, 0.2) is 28.9 Å². The van der Waals surface area contributed by atoms with E-state index in [1.54, 1.807) is 0 Å². The van der Waals surface area contributed by atoms with Crippen molar-refractivity contribution in [2.24, 2.45) is 0 Å². The number of benzene rings is 1. The van der Waals surface area contributed by atoms with Gasteiger partial charge in [-0.15, -0.1) is 12.4 Å². The van der Waals surface area contributed by atoms with Gasteiger partial charge in [-0.1, -0.05) is 22.9 Å². The molecule has 4 rings (SSSR count). The number of carbonyl (C=O) groups is 1. The SMILES string of the molecule is CCCn1cc2c(C3C(=O)Nc4ccc(Br)cc43)nc(NCCNC)nc2n1.Cl. The van der Waals surface area contributed by atoms with Gasteiger partial charge in [-0.2, -0.15) is 10.1 Å². The minimum absolute atomic E-state index is 0. The Labute approximate surface area is 183 Å². The Bertz CT molecular complexity index is 1040. The summed E-state index contributed by atoms with van der Waals surface area (Å²) in [4.78, 5) is 22.1. The fourth-order valence-electron chi connectivity index (χ4n) is 3.42. The van der Waals surface area contributed by atoms with Crippen molar-refractivity contribution in [1.82, 2.24) is 25.1 Å². The maximum Gasteiger partial charge on any atom is 0.238 e. The van der Waals surface area contributed by atoms with Crippen molar-refractivity contribution >= 4 is 56.9 Å². The Balaban J connectivity index is 0.00000240. The minimum atomic E-state index is -0.498. The molecular formula is C19H23BrClN7O. The average Bonchev–Trinajstić information content (AvgIpc) is 3.21. The van der Waals surface area contributed by atoms with E-state index in [1.807, 2.05) is 36.1 Å². The molecule has 0 aliphatic carbocycles. The summed E-state index contributed by atoms with van der Waals surface area (Å²) in [7, 11) is 1.89. The molecule has 0 saturated heterocycles. The summed E-state index contributed by atoms with van der Waals surface area (Å²) >= 11 is 3.51. The van der Waals surface area contributed by atoms with E-state index in [0.29, 0.717) is 23.8 Å². The number of hydrogen-bond acceptors (Lipinski definition) is 6. The summed E-state index contributed by atoms with van der Waals surface area (Å²) in [5.74, 6) is -0.101. The fraction of sp³-hybridized carbons (Fsp3) is 0.368. The molecule has 0 radical (unpaired) electrons. The van der Waals surface area contributed by atoms with E-state index >= 15 is 0 Å². The highest BCUT2D eigenvalue weighted by Crippen LogP contribution is 2.40. The van der Waals surface area contributed by atoms with Crippen molar-refractivity contribution < 1.29 is 4.79 Å². The van der Waals surface area contributed by atoms with Gasteiger partial charge in [0.15, 0.2) is 5.65 Å². The molecule has 3 aromatic rings. The van der Waals surface area contributed by atoms with Crippen LogP contribution in [-0.4, -0.2) is 45.8 Å². The molecule has 2 aromatic heterocycles. The van der Waals surface area contributed by atoms with Crippen LogP contribution < -0.4 is 16.0 Å². The second-order valence-corrected chi connectivity index (χ2v) is 7.66. The molecule has 1 aliphatic heterocycles. The van der Waals surface area contributed by atoms with Crippen LogP contribution in [0.1, 0.15) is 30.5 Å².